The molecule has 0 fully saturated rings. The number of hydrogen-bond donors (Lipinski definition) is 0. The summed E-state index contributed by atoms with van der Waals surface area (Å²) in [5.74, 6) is 0.590. The summed E-state index contributed by atoms with van der Waals surface area (Å²) in [6.07, 6.45) is 1.36. The van der Waals surface area contributed by atoms with Crippen molar-refractivity contribution in [3.8, 4) is 5.75 Å². The molecule has 0 aliphatic heterocycles. The summed E-state index contributed by atoms with van der Waals surface area (Å²) in [5, 5.41) is 0. The van der Waals surface area contributed by atoms with E-state index < -0.39 is 0 Å². The highest BCUT2D eigenvalue weighted by Crippen LogP contribution is 2.10. The number of benzene rings is 1. The van der Waals surface area contributed by atoms with Gasteiger partial charge in [-0.1, -0.05) is 0 Å². The third-order valence-corrected chi connectivity index (χ3v) is 2.00. The molecule has 0 aliphatic rings. The lowest BCUT2D eigenvalue weighted by Gasteiger charge is -2.03. The minimum atomic E-state index is -0.0648. The summed E-state index contributed by atoms with van der Waals surface area (Å²) in [7, 11) is 3.21. The van der Waals surface area contributed by atoms with E-state index in [0.29, 0.717) is 17.6 Å². The van der Waals surface area contributed by atoms with Gasteiger partial charge >= 0.3 is 0 Å². The first kappa shape index (κ1) is 16.3. The zero-order valence-electron chi connectivity index (χ0n) is 10.8. The highest BCUT2D eigenvalue weighted by atomic mass is 16.7. The topological polar surface area (TPSA) is 61.8 Å². The Morgan fingerprint density at radius 2 is 1.67 bits per heavy atom. The molecular weight excluding hydrogens is 236 g/mol. The lowest BCUT2D eigenvalue weighted by Crippen LogP contribution is -2.05. The van der Waals surface area contributed by atoms with Crippen LogP contribution in [0.5, 0.6) is 5.75 Å². The molecule has 0 radical (unpaired) electrons. The van der Waals surface area contributed by atoms with Gasteiger partial charge in [0, 0.05) is 19.8 Å². The second-order valence-corrected chi connectivity index (χ2v) is 3.20. The van der Waals surface area contributed by atoms with Gasteiger partial charge in [-0.15, -0.1) is 0 Å². The summed E-state index contributed by atoms with van der Waals surface area (Å²) >= 11 is 0. The summed E-state index contributed by atoms with van der Waals surface area (Å²) < 4.78 is 14.3. The maximum atomic E-state index is 10.2. The Morgan fingerprint density at radius 1 is 1.11 bits per heavy atom. The summed E-state index contributed by atoms with van der Waals surface area (Å²) in [6.45, 7) is 1.88. The highest BCUT2D eigenvalue weighted by Gasteiger charge is 1.92. The van der Waals surface area contributed by atoms with Crippen molar-refractivity contribution in [2.24, 2.45) is 0 Å². The van der Waals surface area contributed by atoms with Gasteiger partial charge in [-0.25, -0.2) is 0 Å². The first-order valence-corrected chi connectivity index (χ1v) is 5.35. The molecule has 0 saturated carbocycles. The highest BCUT2D eigenvalue weighted by molar-refractivity contribution is 5.74. The first-order valence-electron chi connectivity index (χ1n) is 5.35. The second-order valence-electron chi connectivity index (χ2n) is 3.20. The zero-order valence-corrected chi connectivity index (χ0v) is 10.8. The van der Waals surface area contributed by atoms with Crippen LogP contribution in [0.1, 0.15) is 17.3 Å². The number of rotatable bonds is 6. The van der Waals surface area contributed by atoms with E-state index >= 15 is 0 Å². The third kappa shape index (κ3) is 7.54. The molecule has 100 valence electrons. The van der Waals surface area contributed by atoms with Crippen LogP contribution >= 0.6 is 0 Å². The summed E-state index contributed by atoms with van der Waals surface area (Å²) in [4.78, 5) is 20.2. The molecule has 0 saturated heterocycles. The smallest absolute Gasteiger partial charge is 0.157 e. The molecule has 0 unspecified atom stereocenters. The Kier molecular flexibility index (Phi) is 9.44. The average Bonchev–Trinajstić information content (AvgIpc) is 2.45. The van der Waals surface area contributed by atoms with Crippen LogP contribution in [0, 0.1) is 0 Å². The Bertz CT molecular complexity index is 330. The minimum absolute atomic E-state index is 0.0421. The van der Waals surface area contributed by atoms with Crippen LogP contribution in [0.2, 0.25) is 0 Å². The molecule has 18 heavy (non-hydrogen) atoms. The van der Waals surface area contributed by atoms with E-state index in [1.165, 1.54) is 0 Å². The van der Waals surface area contributed by atoms with Gasteiger partial charge in [0.25, 0.3) is 0 Å². The van der Waals surface area contributed by atoms with E-state index in [1.807, 2.05) is 6.92 Å². The van der Waals surface area contributed by atoms with E-state index in [-0.39, 0.29) is 12.9 Å². The molecule has 0 amide bonds. The first-order chi connectivity index (χ1) is 8.67. The van der Waals surface area contributed by atoms with E-state index in [2.05, 4.69) is 9.47 Å². The van der Waals surface area contributed by atoms with E-state index in [9.17, 15) is 9.59 Å². The monoisotopic (exact) mass is 254 g/mol. The molecule has 1 rings (SSSR count). The number of carbonyl (C=O) groups is 2. The second kappa shape index (κ2) is 10.4. The normalized spacial score (nSPS) is 9.33. The molecule has 5 nitrogen and oxygen atoms in total. The van der Waals surface area contributed by atoms with Crippen LogP contribution in [-0.2, 0) is 14.3 Å². The number of ether oxygens (including phenoxy) is 3. The van der Waals surface area contributed by atoms with Crippen LogP contribution in [0.25, 0.3) is 0 Å². The van der Waals surface area contributed by atoms with Crippen molar-refractivity contribution in [1.82, 2.24) is 0 Å². The molecule has 1 aromatic rings. The molecule has 0 bridgehead atoms. The van der Waals surface area contributed by atoms with Gasteiger partial charge in [-0.3, -0.25) is 9.59 Å². The largest absolute Gasteiger partial charge is 0.486 e. The van der Waals surface area contributed by atoms with E-state index in [1.54, 1.807) is 38.5 Å². The van der Waals surface area contributed by atoms with Crippen LogP contribution in [-0.4, -0.2) is 39.7 Å². The molecule has 0 atom stereocenters. The van der Waals surface area contributed by atoms with Crippen LogP contribution in [0.15, 0.2) is 24.3 Å². The SMILES string of the molecule is COC(C)OC.O=CCOc1ccc(C=O)cc1. The predicted octanol–water partition coefficient (Wildman–Crippen LogP) is 1.70. The number of hydrogen-bond acceptors (Lipinski definition) is 5. The van der Waals surface area contributed by atoms with Crippen molar-refractivity contribution in [1.29, 1.82) is 0 Å². The molecular formula is C13H18O5. The molecule has 0 N–H and O–H groups in total. The van der Waals surface area contributed by atoms with E-state index in [4.69, 9.17) is 4.74 Å². The van der Waals surface area contributed by atoms with Gasteiger partial charge in [-0.05, 0) is 31.2 Å². The van der Waals surface area contributed by atoms with E-state index in [0.717, 1.165) is 6.29 Å². The summed E-state index contributed by atoms with van der Waals surface area (Å²) in [6, 6.07) is 6.56. The predicted molar refractivity (Wildman–Crippen MR) is 66.9 cm³/mol. The number of methoxy groups -OCH3 is 2. The Morgan fingerprint density at radius 3 is 2.00 bits per heavy atom. The van der Waals surface area contributed by atoms with Crippen molar-refractivity contribution < 1.29 is 23.8 Å². The van der Waals surface area contributed by atoms with Gasteiger partial charge in [0.1, 0.15) is 18.6 Å². The lowest BCUT2D eigenvalue weighted by atomic mass is 10.2. The van der Waals surface area contributed by atoms with Crippen LogP contribution in [0.4, 0.5) is 0 Å². The Hall–Kier alpha value is -1.72. The quantitative estimate of drug-likeness (QED) is 0.571. The van der Waals surface area contributed by atoms with Crippen molar-refractivity contribution >= 4 is 12.6 Å². The van der Waals surface area contributed by atoms with Gasteiger partial charge in [0.05, 0.1) is 0 Å². The van der Waals surface area contributed by atoms with Gasteiger partial charge < -0.3 is 14.2 Å². The molecule has 5 heteroatoms. The van der Waals surface area contributed by atoms with Crippen molar-refractivity contribution in [2.75, 3.05) is 20.8 Å². The maximum absolute atomic E-state index is 10.2. The number of carbonyl (C=O) groups excluding carboxylic acids is 2. The minimum Gasteiger partial charge on any atom is -0.486 e. The molecule has 0 spiro atoms. The van der Waals surface area contributed by atoms with Crippen molar-refractivity contribution in [3.05, 3.63) is 29.8 Å². The number of aldehydes is 2. The zero-order chi connectivity index (χ0) is 13.8. The van der Waals surface area contributed by atoms with Gasteiger partial charge in [0.15, 0.2) is 12.6 Å². The van der Waals surface area contributed by atoms with Gasteiger partial charge in [0.2, 0.25) is 0 Å². The fourth-order valence-electron chi connectivity index (χ4n) is 0.869. The lowest BCUT2D eigenvalue weighted by molar-refractivity contribution is -0.109. The molecule has 0 aromatic heterocycles. The summed E-state index contributed by atoms with van der Waals surface area (Å²) in [5.41, 5.74) is 0.591. The Labute approximate surface area is 107 Å². The molecule has 1 aromatic carbocycles. The molecule has 0 aliphatic carbocycles. The fraction of sp³-hybridized carbons (Fsp3) is 0.385. The maximum Gasteiger partial charge on any atom is 0.157 e. The standard InChI is InChI=1S/C9H8O3.C4H10O2/c10-5-6-12-9-3-1-8(7-11)2-4-9;1-4(5-2)6-3/h1-5,7H,6H2;4H,1-3H3. The van der Waals surface area contributed by atoms with Crippen molar-refractivity contribution in [3.63, 3.8) is 0 Å². The van der Waals surface area contributed by atoms with Gasteiger partial charge in [-0.2, -0.15) is 0 Å². The molecule has 0 heterocycles. The van der Waals surface area contributed by atoms with Crippen molar-refractivity contribution in [2.45, 2.75) is 13.2 Å². The third-order valence-electron chi connectivity index (χ3n) is 2.00. The fourth-order valence-corrected chi connectivity index (χ4v) is 0.869. The Balaban J connectivity index is 0.000000411. The van der Waals surface area contributed by atoms with Crippen LogP contribution < -0.4 is 4.74 Å². The van der Waals surface area contributed by atoms with Crippen LogP contribution in [0.3, 0.4) is 0 Å². The average molecular weight is 254 g/mol.